The van der Waals surface area contributed by atoms with Crippen molar-refractivity contribution in [1.82, 2.24) is 4.72 Å². The number of nitrogen functional groups attached to an aromatic ring is 1. The van der Waals surface area contributed by atoms with E-state index in [1.807, 2.05) is 22.6 Å². The maximum Gasteiger partial charge on any atom is 0.242 e. The minimum atomic E-state index is -3.43. The molecule has 3 N–H and O–H groups in total. The van der Waals surface area contributed by atoms with Gasteiger partial charge < -0.3 is 5.73 Å². The fourth-order valence-electron chi connectivity index (χ4n) is 0.862. The second-order valence-electron chi connectivity index (χ2n) is 2.36. The van der Waals surface area contributed by atoms with Crippen molar-refractivity contribution in [1.29, 1.82) is 0 Å². The van der Waals surface area contributed by atoms with Crippen LogP contribution in [0.1, 0.15) is 0 Å². The molecule has 6 heteroatoms. The van der Waals surface area contributed by atoms with Crippen molar-refractivity contribution in [3.05, 3.63) is 21.8 Å². The highest BCUT2D eigenvalue weighted by atomic mass is 127. The van der Waals surface area contributed by atoms with Crippen molar-refractivity contribution >= 4 is 38.3 Å². The van der Waals surface area contributed by atoms with E-state index in [4.69, 9.17) is 5.73 Å². The average molecular weight is 312 g/mol. The van der Waals surface area contributed by atoms with Crippen LogP contribution in [-0.4, -0.2) is 15.5 Å². The van der Waals surface area contributed by atoms with Crippen LogP contribution in [0, 0.1) is 3.57 Å². The number of hydrogen-bond acceptors (Lipinski definition) is 3. The number of nitrogens with two attached hydrogens (primary N) is 1. The highest BCUT2D eigenvalue weighted by Crippen LogP contribution is 2.22. The van der Waals surface area contributed by atoms with E-state index >= 15 is 0 Å². The molecule has 0 radical (unpaired) electrons. The Balaban J connectivity index is 3.40. The summed E-state index contributed by atoms with van der Waals surface area (Å²) in [6.45, 7) is 0. The number of anilines is 1. The third kappa shape index (κ3) is 2.12. The standard InChI is InChI=1S/C7H9IN2O2S/c1-10-13(11,12)6-4-2-3-5(8)7(6)9/h2-4,10H,9H2,1H3. The van der Waals surface area contributed by atoms with Crippen LogP contribution in [0.5, 0.6) is 0 Å². The number of hydrogen-bond donors (Lipinski definition) is 2. The van der Waals surface area contributed by atoms with Gasteiger partial charge in [-0.2, -0.15) is 0 Å². The summed E-state index contributed by atoms with van der Waals surface area (Å²) in [5, 5.41) is 0. The molecule has 0 unspecified atom stereocenters. The van der Waals surface area contributed by atoms with Gasteiger partial charge in [-0.25, -0.2) is 13.1 Å². The van der Waals surface area contributed by atoms with E-state index in [2.05, 4.69) is 4.72 Å². The maximum absolute atomic E-state index is 11.4. The van der Waals surface area contributed by atoms with E-state index in [0.29, 0.717) is 0 Å². The van der Waals surface area contributed by atoms with E-state index < -0.39 is 10.0 Å². The van der Waals surface area contributed by atoms with Crippen LogP contribution in [-0.2, 0) is 10.0 Å². The Hall–Kier alpha value is -0.340. The van der Waals surface area contributed by atoms with Gasteiger partial charge in [-0.05, 0) is 41.8 Å². The van der Waals surface area contributed by atoms with Crippen molar-refractivity contribution < 1.29 is 8.42 Å². The Morgan fingerprint density at radius 2 is 2.08 bits per heavy atom. The van der Waals surface area contributed by atoms with Crippen molar-refractivity contribution in [2.45, 2.75) is 4.90 Å². The fraction of sp³-hybridized carbons (Fsp3) is 0.143. The minimum Gasteiger partial charge on any atom is -0.397 e. The largest absolute Gasteiger partial charge is 0.397 e. The van der Waals surface area contributed by atoms with Crippen LogP contribution in [0.2, 0.25) is 0 Å². The topological polar surface area (TPSA) is 72.2 Å². The van der Waals surface area contributed by atoms with Gasteiger partial charge in [0, 0.05) is 3.57 Å². The van der Waals surface area contributed by atoms with Gasteiger partial charge in [0.2, 0.25) is 10.0 Å². The number of para-hydroxylation sites is 1. The smallest absolute Gasteiger partial charge is 0.242 e. The maximum atomic E-state index is 11.4. The zero-order valence-corrected chi connectivity index (χ0v) is 9.89. The second-order valence-corrected chi connectivity index (χ2v) is 5.38. The van der Waals surface area contributed by atoms with Crippen LogP contribution in [0.25, 0.3) is 0 Å². The molecule has 1 aromatic rings. The first-order valence-corrected chi connectivity index (χ1v) is 6.03. The monoisotopic (exact) mass is 312 g/mol. The van der Waals surface area contributed by atoms with Crippen molar-refractivity contribution in [3.63, 3.8) is 0 Å². The lowest BCUT2D eigenvalue weighted by molar-refractivity contribution is 0.588. The highest BCUT2D eigenvalue weighted by Gasteiger charge is 2.15. The molecule has 0 aliphatic heterocycles. The van der Waals surface area contributed by atoms with Crippen LogP contribution in [0.15, 0.2) is 23.1 Å². The predicted molar refractivity (Wildman–Crippen MR) is 59.8 cm³/mol. The summed E-state index contributed by atoms with van der Waals surface area (Å²) in [6.07, 6.45) is 0. The van der Waals surface area contributed by atoms with Gasteiger partial charge in [-0.1, -0.05) is 6.07 Å². The molecule has 0 heterocycles. The summed E-state index contributed by atoms with van der Waals surface area (Å²) >= 11 is 1.99. The number of nitrogens with one attached hydrogen (secondary N) is 1. The Morgan fingerprint density at radius 1 is 1.46 bits per heavy atom. The minimum absolute atomic E-state index is 0.127. The lowest BCUT2D eigenvalue weighted by atomic mass is 10.3. The van der Waals surface area contributed by atoms with Gasteiger partial charge in [0.15, 0.2) is 0 Å². The third-order valence-electron chi connectivity index (χ3n) is 1.57. The van der Waals surface area contributed by atoms with Gasteiger partial charge in [-0.15, -0.1) is 0 Å². The molecule has 72 valence electrons. The van der Waals surface area contributed by atoms with E-state index in [1.54, 1.807) is 12.1 Å². The molecule has 0 saturated carbocycles. The first-order chi connectivity index (χ1) is 5.99. The van der Waals surface area contributed by atoms with E-state index in [1.165, 1.54) is 13.1 Å². The molecular formula is C7H9IN2O2S. The van der Waals surface area contributed by atoms with Crippen LogP contribution < -0.4 is 10.5 Å². The van der Waals surface area contributed by atoms with Crippen molar-refractivity contribution in [2.75, 3.05) is 12.8 Å². The Morgan fingerprint density at radius 3 is 2.62 bits per heavy atom. The zero-order valence-electron chi connectivity index (χ0n) is 6.91. The normalized spacial score (nSPS) is 11.5. The Bertz CT molecular complexity index is 417. The molecule has 0 bridgehead atoms. The van der Waals surface area contributed by atoms with E-state index in [-0.39, 0.29) is 10.6 Å². The molecule has 0 amide bonds. The summed E-state index contributed by atoms with van der Waals surface area (Å²) in [4.78, 5) is 0.127. The molecule has 4 nitrogen and oxygen atoms in total. The molecular weight excluding hydrogens is 303 g/mol. The zero-order chi connectivity index (χ0) is 10.1. The summed E-state index contributed by atoms with van der Waals surface area (Å²) in [5.74, 6) is 0. The average Bonchev–Trinajstić information content (AvgIpc) is 2.09. The van der Waals surface area contributed by atoms with Gasteiger partial charge in [-0.3, -0.25) is 0 Å². The van der Waals surface area contributed by atoms with Crippen LogP contribution >= 0.6 is 22.6 Å². The van der Waals surface area contributed by atoms with Crippen LogP contribution in [0.3, 0.4) is 0 Å². The van der Waals surface area contributed by atoms with Gasteiger partial charge in [0.1, 0.15) is 4.90 Å². The quantitative estimate of drug-likeness (QED) is 0.626. The molecule has 0 aromatic heterocycles. The molecule has 1 rings (SSSR count). The molecule has 0 aliphatic rings. The summed E-state index contributed by atoms with van der Waals surface area (Å²) in [6, 6.07) is 4.89. The lowest BCUT2D eigenvalue weighted by Gasteiger charge is -2.06. The SMILES string of the molecule is CNS(=O)(=O)c1cccc(I)c1N. The highest BCUT2D eigenvalue weighted by molar-refractivity contribution is 14.1. The Kier molecular flexibility index (Phi) is 3.14. The predicted octanol–water partition coefficient (Wildman–Crippen LogP) is 0.782. The molecule has 0 aliphatic carbocycles. The number of sulfonamides is 1. The van der Waals surface area contributed by atoms with Gasteiger partial charge in [0.25, 0.3) is 0 Å². The summed E-state index contributed by atoms with van der Waals surface area (Å²) in [5.41, 5.74) is 5.91. The summed E-state index contributed by atoms with van der Waals surface area (Å²) < 4.78 is 25.7. The van der Waals surface area contributed by atoms with E-state index in [0.717, 1.165) is 3.57 Å². The molecule has 0 saturated heterocycles. The van der Waals surface area contributed by atoms with Gasteiger partial charge in [0.05, 0.1) is 5.69 Å². The second kappa shape index (κ2) is 3.81. The van der Waals surface area contributed by atoms with Crippen molar-refractivity contribution in [3.8, 4) is 0 Å². The molecule has 0 fully saturated rings. The lowest BCUT2D eigenvalue weighted by Crippen LogP contribution is -2.20. The van der Waals surface area contributed by atoms with Crippen LogP contribution in [0.4, 0.5) is 5.69 Å². The molecule has 13 heavy (non-hydrogen) atoms. The molecule has 0 atom stereocenters. The van der Waals surface area contributed by atoms with E-state index in [9.17, 15) is 8.42 Å². The number of halogens is 1. The van der Waals surface area contributed by atoms with Crippen molar-refractivity contribution in [2.24, 2.45) is 0 Å². The third-order valence-corrected chi connectivity index (χ3v) is 3.98. The number of benzene rings is 1. The fourth-order valence-corrected chi connectivity index (χ4v) is 2.42. The number of rotatable bonds is 2. The van der Waals surface area contributed by atoms with Gasteiger partial charge >= 0.3 is 0 Å². The Labute approximate surface area is 90.7 Å². The first kappa shape index (κ1) is 10.7. The molecule has 0 spiro atoms. The summed E-state index contributed by atoms with van der Waals surface area (Å²) in [7, 11) is -2.08. The first-order valence-electron chi connectivity index (χ1n) is 3.46. The molecule has 1 aromatic carbocycles.